The second-order valence-electron chi connectivity index (χ2n) is 4.14. The monoisotopic (exact) mass is 322 g/mol. The van der Waals surface area contributed by atoms with Gasteiger partial charge in [-0.2, -0.15) is 0 Å². The second kappa shape index (κ2) is 5.40. The molecule has 0 saturated heterocycles. The number of nitrogen functional groups attached to an aromatic ring is 1. The van der Waals surface area contributed by atoms with Crippen molar-refractivity contribution in [2.45, 2.75) is 6.92 Å². The maximum absolute atomic E-state index is 13.0. The van der Waals surface area contributed by atoms with Crippen molar-refractivity contribution >= 4 is 33.2 Å². The molecule has 0 atom stereocenters. The Hall–Kier alpha value is -1.88. The largest absolute Gasteiger partial charge is 0.397 e. The van der Waals surface area contributed by atoms with Crippen LogP contribution < -0.4 is 11.1 Å². The van der Waals surface area contributed by atoms with E-state index in [1.807, 2.05) is 0 Å². The van der Waals surface area contributed by atoms with Crippen molar-refractivity contribution in [2.75, 3.05) is 11.1 Å². The summed E-state index contributed by atoms with van der Waals surface area (Å²) >= 11 is 3.29. The fourth-order valence-corrected chi connectivity index (χ4v) is 2.10. The molecule has 0 bridgehead atoms. The lowest BCUT2D eigenvalue weighted by Crippen LogP contribution is -2.14. The molecule has 19 heavy (non-hydrogen) atoms. The molecule has 0 spiro atoms. The van der Waals surface area contributed by atoms with Crippen molar-refractivity contribution in [2.24, 2.45) is 0 Å². The van der Waals surface area contributed by atoms with E-state index < -0.39 is 0 Å². The summed E-state index contributed by atoms with van der Waals surface area (Å²) in [4.78, 5) is 12.1. The zero-order valence-electron chi connectivity index (χ0n) is 10.2. The van der Waals surface area contributed by atoms with Gasteiger partial charge in [0, 0.05) is 10.0 Å². The standard InChI is InChI=1S/C14H12BrFN2O/c1-8-6-10(16)3-4-11(8)14(19)18-13-5-2-9(15)7-12(13)17/h2-7H,17H2,1H3,(H,18,19). The third-order valence-electron chi connectivity index (χ3n) is 2.69. The van der Waals surface area contributed by atoms with Crippen molar-refractivity contribution in [3.05, 3.63) is 57.8 Å². The van der Waals surface area contributed by atoms with Gasteiger partial charge in [-0.1, -0.05) is 15.9 Å². The number of carbonyl (C=O) groups excluding carboxylic acids is 1. The molecule has 2 aromatic carbocycles. The zero-order chi connectivity index (χ0) is 14.0. The van der Waals surface area contributed by atoms with E-state index in [1.54, 1.807) is 25.1 Å². The smallest absolute Gasteiger partial charge is 0.255 e. The summed E-state index contributed by atoms with van der Waals surface area (Å²) in [5.41, 5.74) is 7.79. The van der Waals surface area contributed by atoms with E-state index in [0.717, 1.165) is 4.47 Å². The number of nitrogens with two attached hydrogens (primary N) is 1. The van der Waals surface area contributed by atoms with Crippen LogP contribution in [0.4, 0.5) is 15.8 Å². The van der Waals surface area contributed by atoms with Crippen molar-refractivity contribution in [3.8, 4) is 0 Å². The highest BCUT2D eigenvalue weighted by atomic mass is 79.9. The van der Waals surface area contributed by atoms with Gasteiger partial charge in [0.1, 0.15) is 5.82 Å². The minimum Gasteiger partial charge on any atom is -0.397 e. The molecule has 0 aliphatic carbocycles. The summed E-state index contributed by atoms with van der Waals surface area (Å²) in [5, 5.41) is 2.71. The molecule has 0 saturated carbocycles. The molecule has 1 amide bonds. The van der Waals surface area contributed by atoms with Gasteiger partial charge in [0.2, 0.25) is 0 Å². The third kappa shape index (κ3) is 3.12. The lowest BCUT2D eigenvalue weighted by molar-refractivity contribution is 0.102. The number of carbonyl (C=O) groups is 1. The highest BCUT2D eigenvalue weighted by Crippen LogP contribution is 2.24. The van der Waals surface area contributed by atoms with Crippen molar-refractivity contribution in [3.63, 3.8) is 0 Å². The lowest BCUT2D eigenvalue weighted by atomic mass is 10.1. The van der Waals surface area contributed by atoms with Gasteiger partial charge in [0.05, 0.1) is 11.4 Å². The zero-order valence-corrected chi connectivity index (χ0v) is 11.8. The molecule has 0 aromatic heterocycles. The number of benzene rings is 2. The average molecular weight is 323 g/mol. The van der Waals surface area contributed by atoms with Crippen LogP contribution in [0.1, 0.15) is 15.9 Å². The minimum atomic E-state index is -0.364. The first-order valence-electron chi connectivity index (χ1n) is 5.60. The number of anilines is 2. The quantitative estimate of drug-likeness (QED) is 0.828. The molecule has 0 unspecified atom stereocenters. The fraction of sp³-hybridized carbons (Fsp3) is 0.0714. The third-order valence-corrected chi connectivity index (χ3v) is 3.19. The van der Waals surface area contributed by atoms with Crippen LogP contribution in [0.2, 0.25) is 0 Å². The van der Waals surface area contributed by atoms with Crippen molar-refractivity contribution < 1.29 is 9.18 Å². The maximum Gasteiger partial charge on any atom is 0.255 e. The van der Waals surface area contributed by atoms with Crippen molar-refractivity contribution in [1.82, 2.24) is 0 Å². The van der Waals surface area contributed by atoms with Gasteiger partial charge in [-0.15, -0.1) is 0 Å². The Bertz CT molecular complexity index is 643. The Balaban J connectivity index is 2.25. The summed E-state index contributed by atoms with van der Waals surface area (Å²) in [5.74, 6) is -0.677. The fourth-order valence-electron chi connectivity index (χ4n) is 1.72. The molecule has 2 rings (SSSR count). The van der Waals surface area contributed by atoms with Crippen LogP contribution >= 0.6 is 15.9 Å². The van der Waals surface area contributed by atoms with Gasteiger partial charge in [-0.3, -0.25) is 4.79 Å². The molecule has 3 N–H and O–H groups in total. The molecule has 98 valence electrons. The molecule has 0 aliphatic rings. The summed E-state index contributed by atoms with van der Waals surface area (Å²) < 4.78 is 13.8. The van der Waals surface area contributed by atoms with E-state index in [-0.39, 0.29) is 11.7 Å². The number of hydrogen-bond acceptors (Lipinski definition) is 2. The number of aryl methyl sites for hydroxylation is 1. The maximum atomic E-state index is 13.0. The van der Waals surface area contributed by atoms with Crippen LogP contribution in [-0.2, 0) is 0 Å². The van der Waals surface area contributed by atoms with Crippen LogP contribution in [0.5, 0.6) is 0 Å². The Morgan fingerprint density at radius 1 is 1.26 bits per heavy atom. The van der Waals surface area contributed by atoms with E-state index in [4.69, 9.17) is 5.73 Å². The molecule has 0 radical (unpaired) electrons. The lowest BCUT2D eigenvalue weighted by Gasteiger charge is -2.10. The van der Waals surface area contributed by atoms with E-state index in [1.165, 1.54) is 18.2 Å². The van der Waals surface area contributed by atoms with Crippen LogP contribution in [0, 0.1) is 12.7 Å². The van der Waals surface area contributed by atoms with E-state index in [0.29, 0.717) is 22.5 Å². The van der Waals surface area contributed by atoms with Gasteiger partial charge in [0.15, 0.2) is 0 Å². The molecule has 0 heterocycles. The first kappa shape index (κ1) is 13.5. The second-order valence-corrected chi connectivity index (χ2v) is 5.06. The van der Waals surface area contributed by atoms with Crippen LogP contribution in [0.15, 0.2) is 40.9 Å². The summed E-state index contributed by atoms with van der Waals surface area (Å²) in [6, 6.07) is 9.22. The average Bonchev–Trinajstić information content (AvgIpc) is 2.32. The Morgan fingerprint density at radius 2 is 2.00 bits per heavy atom. The summed E-state index contributed by atoms with van der Waals surface area (Å²) in [7, 11) is 0. The van der Waals surface area contributed by atoms with Gasteiger partial charge in [0.25, 0.3) is 5.91 Å². The van der Waals surface area contributed by atoms with Gasteiger partial charge >= 0.3 is 0 Å². The molecule has 0 aliphatic heterocycles. The van der Waals surface area contributed by atoms with E-state index in [2.05, 4.69) is 21.2 Å². The van der Waals surface area contributed by atoms with Gasteiger partial charge < -0.3 is 11.1 Å². The molecule has 0 fully saturated rings. The number of nitrogens with one attached hydrogen (secondary N) is 1. The summed E-state index contributed by atoms with van der Waals surface area (Å²) in [6.07, 6.45) is 0. The van der Waals surface area contributed by atoms with Gasteiger partial charge in [-0.25, -0.2) is 4.39 Å². The van der Waals surface area contributed by atoms with Gasteiger partial charge in [-0.05, 0) is 48.9 Å². The Kier molecular flexibility index (Phi) is 3.85. The molecule has 5 heteroatoms. The number of halogens is 2. The molecule has 2 aromatic rings. The number of amides is 1. The predicted octanol–water partition coefficient (Wildman–Crippen LogP) is 3.73. The summed E-state index contributed by atoms with van der Waals surface area (Å²) in [6.45, 7) is 1.68. The van der Waals surface area contributed by atoms with Crippen LogP contribution in [0.25, 0.3) is 0 Å². The molecular weight excluding hydrogens is 311 g/mol. The highest BCUT2D eigenvalue weighted by Gasteiger charge is 2.11. The van der Waals surface area contributed by atoms with E-state index >= 15 is 0 Å². The topological polar surface area (TPSA) is 55.1 Å². The SMILES string of the molecule is Cc1cc(F)ccc1C(=O)Nc1ccc(Br)cc1N. The Labute approximate surface area is 118 Å². The number of rotatable bonds is 2. The van der Waals surface area contributed by atoms with E-state index in [9.17, 15) is 9.18 Å². The molecule has 3 nitrogen and oxygen atoms in total. The van der Waals surface area contributed by atoms with Crippen LogP contribution in [-0.4, -0.2) is 5.91 Å². The minimum absolute atomic E-state index is 0.313. The van der Waals surface area contributed by atoms with Crippen LogP contribution in [0.3, 0.4) is 0 Å². The van der Waals surface area contributed by atoms with Crippen molar-refractivity contribution in [1.29, 1.82) is 0 Å². The Morgan fingerprint density at radius 3 is 2.63 bits per heavy atom. The predicted molar refractivity (Wildman–Crippen MR) is 77.6 cm³/mol. The first-order chi connectivity index (χ1) is 8.97. The molecular formula is C14H12BrFN2O. The first-order valence-corrected chi connectivity index (χ1v) is 6.39. The highest BCUT2D eigenvalue weighted by molar-refractivity contribution is 9.10. The normalized spacial score (nSPS) is 10.3. The number of hydrogen-bond donors (Lipinski definition) is 2.